The first kappa shape index (κ1) is 18.4. The first-order chi connectivity index (χ1) is 12.7. The number of carbonyl (C=O) groups is 2. The number of thioether (sulfide) groups is 1. The van der Waals surface area contributed by atoms with Crippen molar-refractivity contribution in [3.05, 3.63) is 54.0 Å². The summed E-state index contributed by atoms with van der Waals surface area (Å²) in [5.41, 5.74) is 0.689. The summed E-state index contributed by atoms with van der Waals surface area (Å²) in [5.74, 6) is 1.55. The molecule has 2 aromatic rings. The molecule has 26 heavy (non-hydrogen) atoms. The van der Waals surface area contributed by atoms with Gasteiger partial charge in [-0.15, -0.1) is 11.8 Å². The number of hydrogen-bond acceptors (Lipinski definition) is 5. The van der Waals surface area contributed by atoms with Crippen LogP contribution in [0, 0.1) is 0 Å². The van der Waals surface area contributed by atoms with Gasteiger partial charge in [-0.05, 0) is 31.2 Å². The van der Waals surface area contributed by atoms with Crippen LogP contribution in [-0.2, 0) is 10.5 Å². The molecule has 2 heterocycles. The monoisotopic (exact) mass is 374 g/mol. The van der Waals surface area contributed by atoms with Crippen LogP contribution in [0.15, 0.2) is 52.0 Å². The summed E-state index contributed by atoms with van der Waals surface area (Å²) in [6.07, 6.45) is 1.34. The Hall–Kier alpha value is -2.41. The van der Waals surface area contributed by atoms with E-state index >= 15 is 0 Å². The molecule has 1 saturated heterocycles. The molecule has 1 fully saturated rings. The van der Waals surface area contributed by atoms with Gasteiger partial charge >= 0.3 is 6.09 Å². The number of amides is 2. The third kappa shape index (κ3) is 4.40. The van der Waals surface area contributed by atoms with Gasteiger partial charge in [0.25, 0.3) is 5.91 Å². The van der Waals surface area contributed by atoms with Crippen LogP contribution in [0.25, 0.3) is 0 Å². The highest BCUT2D eigenvalue weighted by Gasteiger charge is 2.26. The molecule has 2 amide bonds. The van der Waals surface area contributed by atoms with E-state index in [2.05, 4.69) is 0 Å². The van der Waals surface area contributed by atoms with Crippen molar-refractivity contribution in [3.8, 4) is 0 Å². The number of nitrogens with zero attached hydrogens (tertiary/aromatic N) is 2. The highest BCUT2D eigenvalue weighted by Crippen LogP contribution is 2.27. The molecule has 1 aromatic heterocycles. The molecule has 0 spiro atoms. The van der Waals surface area contributed by atoms with E-state index in [-0.39, 0.29) is 12.0 Å². The number of rotatable bonds is 5. The molecule has 0 N–H and O–H groups in total. The number of hydrogen-bond donors (Lipinski definition) is 0. The minimum absolute atomic E-state index is 0.00365. The van der Waals surface area contributed by atoms with Crippen molar-refractivity contribution in [2.24, 2.45) is 0 Å². The van der Waals surface area contributed by atoms with Gasteiger partial charge < -0.3 is 19.0 Å². The lowest BCUT2D eigenvalue weighted by Gasteiger charge is -2.34. The SMILES string of the molecule is CCOC(=O)N1CCN(C(=O)c2ccccc2SCc2ccco2)CC1. The largest absolute Gasteiger partial charge is 0.468 e. The predicted molar refractivity (Wildman–Crippen MR) is 99.2 cm³/mol. The lowest BCUT2D eigenvalue weighted by Crippen LogP contribution is -2.50. The fraction of sp³-hybridized carbons (Fsp3) is 0.368. The van der Waals surface area contributed by atoms with E-state index in [0.29, 0.717) is 44.1 Å². The van der Waals surface area contributed by atoms with Crippen molar-refractivity contribution in [3.63, 3.8) is 0 Å². The van der Waals surface area contributed by atoms with Gasteiger partial charge in [-0.1, -0.05) is 12.1 Å². The standard InChI is InChI=1S/C19H22N2O4S/c1-2-24-19(23)21-11-9-20(10-12-21)18(22)16-7-3-4-8-17(16)26-14-15-6-5-13-25-15/h3-8,13H,2,9-12,14H2,1H3. The highest BCUT2D eigenvalue weighted by atomic mass is 32.2. The predicted octanol–water partition coefficient (Wildman–Crippen LogP) is 3.49. The van der Waals surface area contributed by atoms with Gasteiger partial charge in [0.15, 0.2) is 0 Å². The van der Waals surface area contributed by atoms with Crippen LogP contribution in [0.1, 0.15) is 23.0 Å². The molecular formula is C19H22N2O4S. The Kier molecular flexibility index (Phi) is 6.22. The minimum Gasteiger partial charge on any atom is -0.468 e. The molecule has 1 aliphatic heterocycles. The average molecular weight is 374 g/mol. The van der Waals surface area contributed by atoms with Crippen molar-refractivity contribution in [1.29, 1.82) is 0 Å². The lowest BCUT2D eigenvalue weighted by atomic mass is 10.2. The maximum atomic E-state index is 12.9. The van der Waals surface area contributed by atoms with Gasteiger partial charge in [-0.2, -0.15) is 0 Å². The van der Waals surface area contributed by atoms with Gasteiger partial charge in [-0.25, -0.2) is 4.79 Å². The minimum atomic E-state index is -0.311. The summed E-state index contributed by atoms with van der Waals surface area (Å²) in [6.45, 7) is 4.15. The summed E-state index contributed by atoms with van der Waals surface area (Å²) in [7, 11) is 0. The van der Waals surface area contributed by atoms with Crippen LogP contribution in [0.3, 0.4) is 0 Å². The molecule has 0 unspecified atom stereocenters. The van der Waals surface area contributed by atoms with Gasteiger partial charge in [0, 0.05) is 31.1 Å². The first-order valence-electron chi connectivity index (χ1n) is 8.64. The topological polar surface area (TPSA) is 63.0 Å². The lowest BCUT2D eigenvalue weighted by molar-refractivity contribution is 0.0568. The Morgan fingerprint density at radius 3 is 2.50 bits per heavy atom. The highest BCUT2D eigenvalue weighted by molar-refractivity contribution is 7.98. The van der Waals surface area contributed by atoms with Crippen LogP contribution in [0.5, 0.6) is 0 Å². The molecular weight excluding hydrogens is 352 g/mol. The van der Waals surface area contributed by atoms with Gasteiger partial charge in [-0.3, -0.25) is 4.79 Å². The first-order valence-corrected chi connectivity index (χ1v) is 9.62. The maximum absolute atomic E-state index is 12.9. The number of ether oxygens (including phenoxy) is 1. The Bertz CT molecular complexity index is 740. The van der Waals surface area contributed by atoms with Crippen LogP contribution >= 0.6 is 11.8 Å². The summed E-state index contributed by atoms with van der Waals surface area (Å²) < 4.78 is 10.4. The second kappa shape index (κ2) is 8.80. The Labute approximate surface area is 157 Å². The molecule has 1 aromatic carbocycles. The van der Waals surface area contributed by atoms with E-state index in [4.69, 9.17) is 9.15 Å². The second-order valence-corrected chi connectivity index (χ2v) is 6.86. The molecule has 0 saturated carbocycles. The average Bonchev–Trinajstić information content (AvgIpc) is 3.20. The van der Waals surface area contributed by atoms with Gasteiger partial charge in [0.2, 0.25) is 0 Å². The van der Waals surface area contributed by atoms with Crippen molar-refractivity contribution < 1.29 is 18.7 Å². The van der Waals surface area contributed by atoms with Crippen LogP contribution in [0.4, 0.5) is 4.79 Å². The van der Waals surface area contributed by atoms with Crippen molar-refractivity contribution in [2.75, 3.05) is 32.8 Å². The van der Waals surface area contributed by atoms with Gasteiger partial charge in [0.1, 0.15) is 5.76 Å². The van der Waals surface area contributed by atoms with Crippen LogP contribution < -0.4 is 0 Å². The van der Waals surface area contributed by atoms with Gasteiger partial charge in [0.05, 0.1) is 24.2 Å². The number of furan rings is 1. The maximum Gasteiger partial charge on any atom is 0.409 e. The summed E-state index contributed by atoms with van der Waals surface area (Å²) in [6, 6.07) is 11.4. The van der Waals surface area contributed by atoms with E-state index in [0.717, 1.165) is 10.7 Å². The molecule has 0 atom stereocenters. The van der Waals surface area contributed by atoms with Crippen LogP contribution in [-0.4, -0.2) is 54.6 Å². The van der Waals surface area contributed by atoms with E-state index in [1.807, 2.05) is 36.4 Å². The molecule has 0 radical (unpaired) electrons. The zero-order valence-electron chi connectivity index (χ0n) is 14.7. The fourth-order valence-corrected chi connectivity index (χ4v) is 3.74. The smallest absolute Gasteiger partial charge is 0.409 e. The van der Waals surface area contributed by atoms with Crippen LogP contribution in [0.2, 0.25) is 0 Å². The Morgan fingerprint density at radius 1 is 1.08 bits per heavy atom. The van der Waals surface area contributed by atoms with Crippen molar-refractivity contribution >= 4 is 23.8 Å². The molecule has 1 aliphatic rings. The molecule has 0 bridgehead atoms. The number of piperazine rings is 1. The second-order valence-electron chi connectivity index (χ2n) is 5.84. The molecule has 3 rings (SSSR count). The number of benzene rings is 1. The quantitative estimate of drug-likeness (QED) is 0.750. The van der Waals surface area contributed by atoms with Crippen molar-refractivity contribution in [1.82, 2.24) is 9.80 Å². The third-order valence-electron chi connectivity index (χ3n) is 4.16. The Morgan fingerprint density at radius 2 is 1.81 bits per heavy atom. The third-order valence-corrected chi connectivity index (χ3v) is 5.26. The molecule has 138 valence electrons. The fourth-order valence-electron chi connectivity index (χ4n) is 2.79. The molecule has 0 aliphatic carbocycles. The zero-order chi connectivity index (χ0) is 18.4. The van der Waals surface area contributed by atoms with E-state index < -0.39 is 0 Å². The van der Waals surface area contributed by atoms with E-state index in [1.165, 1.54) is 0 Å². The molecule has 6 nitrogen and oxygen atoms in total. The number of carbonyl (C=O) groups excluding carboxylic acids is 2. The zero-order valence-corrected chi connectivity index (χ0v) is 15.5. The molecule has 7 heteroatoms. The summed E-state index contributed by atoms with van der Waals surface area (Å²) >= 11 is 1.58. The van der Waals surface area contributed by atoms with E-state index in [9.17, 15) is 9.59 Å². The van der Waals surface area contributed by atoms with E-state index in [1.54, 1.807) is 34.7 Å². The Balaban J connectivity index is 1.62. The van der Waals surface area contributed by atoms with Crippen molar-refractivity contribution in [2.45, 2.75) is 17.6 Å². The summed E-state index contributed by atoms with van der Waals surface area (Å²) in [5, 5.41) is 0. The summed E-state index contributed by atoms with van der Waals surface area (Å²) in [4.78, 5) is 29.1. The normalized spacial score (nSPS) is 14.3.